The topological polar surface area (TPSA) is 75.2 Å². The van der Waals surface area contributed by atoms with Crippen molar-refractivity contribution in [2.45, 2.75) is 52.4 Å². The standard InChI is InChI=1S/C23H30N4O2/c1-15-7-9-18(10-8-15)12-22(29)27-11-5-6-19(14-27)23-25-16(2)20(17(3)26-23)13-21(28)24-4/h7-10,19H,5-6,11-14H2,1-4H3,(H,24,28)/t19-/m0/s1. The highest BCUT2D eigenvalue weighted by Gasteiger charge is 2.27. The smallest absolute Gasteiger partial charge is 0.227 e. The molecule has 2 amide bonds. The molecular weight excluding hydrogens is 364 g/mol. The molecule has 2 heterocycles. The van der Waals surface area contributed by atoms with Crippen molar-refractivity contribution in [2.75, 3.05) is 20.1 Å². The van der Waals surface area contributed by atoms with E-state index in [-0.39, 0.29) is 17.7 Å². The predicted octanol–water partition coefficient (Wildman–Crippen LogP) is 2.64. The second kappa shape index (κ2) is 9.16. The van der Waals surface area contributed by atoms with E-state index in [1.54, 1.807) is 7.05 Å². The summed E-state index contributed by atoms with van der Waals surface area (Å²) in [7, 11) is 1.63. The lowest BCUT2D eigenvalue weighted by Crippen LogP contribution is -2.40. The third-order valence-electron chi connectivity index (χ3n) is 5.67. The first kappa shape index (κ1) is 21.0. The molecule has 1 saturated heterocycles. The van der Waals surface area contributed by atoms with E-state index in [9.17, 15) is 9.59 Å². The van der Waals surface area contributed by atoms with Crippen molar-refractivity contribution in [3.05, 3.63) is 58.2 Å². The molecule has 2 aromatic rings. The van der Waals surface area contributed by atoms with Gasteiger partial charge in [0.15, 0.2) is 0 Å². The molecular formula is C23H30N4O2. The Hall–Kier alpha value is -2.76. The summed E-state index contributed by atoms with van der Waals surface area (Å²) < 4.78 is 0. The Morgan fingerprint density at radius 3 is 2.34 bits per heavy atom. The van der Waals surface area contributed by atoms with Gasteiger partial charge in [-0.25, -0.2) is 9.97 Å². The van der Waals surface area contributed by atoms with E-state index in [0.717, 1.165) is 47.7 Å². The maximum absolute atomic E-state index is 12.8. The minimum Gasteiger partial charge on any atom is -0.359 e. The number of carbonyl (C=O) groups is 2. The van der Waals surface area contributed by atoms with Gasteiger partial charge in [-0.05, 0) is 39.2 Å². The molecule has 29 heavy (non-hydrogen) atoms. The molecule has 1 aliphatic heterocycles. The monoisotopic (exact) mass is 394 g/mol. The van der Waals surface area contributed by atoms with Gasteiger partial charge in [0.05, 0.1) is 12.8 Å². The van der Waals surface area contributed by atoms with E-state index in [4.69, 9.17) is 9.97 Å². The van der Waals surface area contributed by atoms with Crippen LogP contribution in [0.15, 0.2) is 24.3 Å². The van der Waals surface area contributed by atoms with Crippen LogP contribution in [0.1, 0.15) is 52.7 Å². The van der Waals surface area contributed by atoms with E-state index in [2.05, 4.69) is 5.32 Å². The molecule has 1 fully saturated rings. The van der Waals surface area contributed by atoms with Crippen LogP contribution in [0.4, 0.5) is 0 Å². The summed E-state index contributed by atoms with van der Waals surface area (Å²) in [5, 5.41) is 2.65. The second-order valence-corrected chi connectivity index (χ2v) is 7.92. The van der Waals surface area contributed by atoms with Crippen molar-refractivity contribution in [1.29, 1.82) is 0 Å². The van der Waals surface area contributed by atoms with Crippen molar-refractivity contribution in [3.8, 4) is 0 Å². The number of likely N-dealkylation sites (N-methyl/N-ethyl adjacent to an activating group) is 1. The van der Waals surface area contributed by atoms with Gasteiger partial charge in [-0.15, -0.1) is 0 Å². The summed E-state index contributed by atoms with van der Waals surface area (Å²) in [4.78, 5) is 35.9. The lowest BCUT2D eigenvalue weighted by Gasteiger charge is -2.32. The fourth-order valence-electron chi connectivity index (χ4n) is 3.86. The van der Waals surface area contributed by atoms with Crippen LogP contribution in [0.2, 0.25) is 0 Å². The van der Waals surface area contributed by atoms with E-state index in [0.29, 0.717) is 19.4 Å². The lowest BCUT2D eigenvalue weighted by molar-refractivity contribution is -0.131. The van der Waals surface area contributed by atoms with Crippen LogP contribution in [0.5, 0.6) is 0 Å². The zero-order valence-corrected chi connectivity index (χ0v) is 17.8. The molecule has 0 bridgehead atoms. The summed E-state index contributed by atoms with van der Waals surface area (Å²) >= 11 is 0. The predicted molar refractivity (Wildman–Crippen MR) is 113 cm³/mol. The number of benzene rings is 1. The molecule has 6 heteroatoms. The minimum atomic E-state index is -0.0434. The first-order valence-electron chi connectivity index (χ1n) is 10.2. The van der Waals surface area contributed by atoms with E-state index < -0.39 is 0 Å². The molecule has 1 aliphatic rings. The highest BCUT2D eigenvalue weighted by Crippen LogP contribution is 2.26. The third kappa shape index (κ3) is 5.19. The van der Waals surface area contributed by atoms with Crippen LogP contribution >= 0.6 is 0 Å². The summed E-state index contributed by atoms with van der Waals surface area (Å²) in [6, 6.07) is 8.13. The molecule has 6 nitrogen and oxygen atoms in total. The maximum Gasteiger partial charge on any atom is 0.227 e. The molecule has 0 aliphatic carbocycles. The Labute approximate surface area is 172 Å². The molecule has 0 radical (unpaired) electrons. The Kier molecular flexibility index (Phi) is 6.62. The Morgan fingerprint density at radius 1 is 1.07 bits per heavy atom. The lowest BCUT2D eigenvalue weighted by atomic mass is 9.95. The van der Waals surface area contributed by atoms with Crippen LogP contribution in [-0.4, -0.2) is 46.8 Å². The molecule has 0 saturated carbocycles. The van der Waals surface area contributed by atoms with E-state index in [1.165, 1.54) is 5.56 Å². The highest BCUT2D eigenvalue weighted by molar-refractivity contribution is 5.79. The van der Waals surface area contributed by atoms with Gasteiger partial charge in [-0.2, -0.15) is 0 Å². The normalized spacial score (nSPS) is 16.6. The molecule has 0 unspecified atom stereocenters. The van der Waals surface area contributed by atoms with Gasteiger partial charge in [0.1, 0.15) is 5.82 Å². The van der Waals surface area contributed by atoms with Gasteiger partial charge in [0, 0.05) is 43.0 Å². The second-order valence-electron chi connectivity index (χ2n) is 7.92. The SMILES string of the molecule is CNC(=O)Cc1c(C)nc([C@H]2CCCN(C(=O)Cc3ccc(C)cc3)C2)nc1C. The number of amides is 2. The van der Waals surface area contributed by atoms with Gasteiger partial charge in [-0.3, -0.25) is 9.59 Å². The largest absolute Gasteiger partial charge is 0.359 e. The summed E-state index contributed by atoms with van der Waals surface area (Å²) in [6.45, 7) is 7.34. The van der Waals surface area contributed by atoms with Crippen molar-refractivity contribution < 1.29 is 9.59 Å². The minimum absolute atomic E-state index is 0.0434. The summed E-state index contributed by atoms with van der Waals surface area (Å²) in [6.07, 6.45) is 2.64. The molecule has 1 N–H and O–H groups in total. The average Bonchev–Trinajstić information content (AvgIpc) is 2.72. The van der Waals surface area contributed by atoms with Crippen molar-refractivity contribution >= 4 is 11.8 Å². The molecule has 0 spiro atoms. The Balaban J connectivity index is 1.70. The van der Waals surface area contributed by atoms with Crippen LogP contribution in [0, 0.1) is 20.8 Å². The van der Waals surface area contributed by atoms with E-state index in [1.807, 2.05) is 49.9 Å². The number of nitrogens with one attached hydrogen (secondary N) is 1. The van der Waals surface area contributed by atoms with Crippen LogP contribution in [-0.2, 0) is 22.4 Å². The van der Waals surface area contributed by atoms with Gasteiger partial charge in [-0.1, -0.05) is 29.8 Å². The molecule has 3 rings (SSSR count). The number of carbonyl (C=O) groups excluding carboxylic acids is 2. The number of nitrogens with zero attached hydrogens (tertiary/aromatic N) is 3. The van der Waals surface area contributed by atoms with Crippen LogP contribution < -0.4 is 5.32 Å². The molecule has 1 aromatic carbocycles. The summed E-state index contributed by atoms with van der Waals surface area (Å²) in [5.41, 5.74) is 4.82. The average molecular weight is 395 g/mol. The first-order valence-corrected chi connectivity index (χ1v) is 10.2. The van der Waals surface area contributed by atoms with Crippen LogP contribution in [0.3, 0.4) is 0 Å². The van der Waals surface area contributed by atoms with Crippen molar-refractivity contribution in [3.63, 3.8) is 0 Å². The quantitative estimate of drug-likeness (QED) is 0.846. The maximum atomic E-state index is 12.8. The van der Waals surface area contributed by atoms with Gasteiger partial charge in [0.2, 0.25) is 11.8 Å². The number of likely N-dealkylation sites (tertiary alicyclic amines) is 1. The number of hydrogen-bond donors (Lipinski definition) is 1. The molecule has 1 aromatic heterocycles. The summed E-state index contributed by atoms with van der Waals surface area (Å²) in [5.74, 6) is 1.03. The Bertz CT molecular complexity index is 869. The number of piperidine rings is 1. The molecule has 1 atom stereocenters. The van der Waals surface area contributed by atoms with Gasteiger partial charge < -0.3 is 10.2 Å². The number of aryl methyl sites for hydroxylation is 3. The zero-order chi connectivity index (χ0) is 21.0. The van der Waals surface area contributed by atoms with Crippen molar-refractivity contribution in [2.24, 2.45) is 0 Å². The fourth-order valence-corrected chi connectivity index (χ4v) is 3.86. The Morgan fingerprint density at radius 2 is 1.72 bits per heavy atom. The van der Waals surface area contributed by atoms with Crippen molar-refractivity contribution in [1.82, 2.24) is 20.2 Å². The zero-order valence-electron chi connectivity index (χ0n) is 17.8. The van der Waals surface area contributed by atoms with E-state index >= 15 is 0 Å². The first-order chi connectivity index (χ1) is 13.9. The molecule has 154 valence electrons. The van der Waals surface area contributed by atoms with Gasteiger partial charge in [0.25, 0.3) is 0 Å². The number of aromatic nitrogens is 2. The fraction of sp³-hybridized carbons (Fsp3) is 0.478. The van der Waals surface area contributed by atoms with Crippen LogP contribution in [0.25, 0.3) is 0 Å². The highest BCUT2D eigenvalue weighted by atomic mass is 16.2. The third-order valence-corrected chi connectivity index (χ3v) is 5.67. The number of rotatable bonds is 5. The number of hydrogen-bond acceptors (Lipinski definition) is 4. The van der Waals surface area contributed by atoms with Gasteiger partial charge >= 0.3 is 0 Å².